The average molecular weight is 402 g/mol. The second kappa shape index (κ2) is 8.16. The highest BCUT2D eigenvalue weighted by Crippen LogP contribution is 2.39. The summed E-state index contributed by atoms with van der Waals surface area (Å²) in [4.78, 5) is 36.0. The van der Waals surface area contributed by atoms with E-state index >= 15 is 0 Å². The van der Waals surface area contributed by atoms with Crippen LogP contribution in [0.5, 0.6) is 0 Å². The zero-order chi connectivity index (χ0) is 19.0. The standard InChI is InChI=1S/C20H23N5O2.ClH/c1-23-8-10-24(11-9-23)19(26)12-17-15-4-2-3-5-16(15)20(27)25(17)18-7-6-14(21)13-22-18;/h2-7,13,17H,8-12,21H2,1H3;1H. The Morgan fingerprint density at radius 2 is 1.86 bits per heavy atom. The van der Waals surface area contributed by atoms with Crippen LogP contribution in [-0.2, 0) is 4.79 Å². The van der Waals surface area contributed by atoms with E-state index in [0.717, 1.165) is 31.7 Å². The van der Waals surface area contributed by atoms with Crippen molar-refractivity contribution in [3.05, 3.63) is 53.7 Å². The number of nitrogens with two attached hydrogens (primary N) is 1. The van der Waals surface area contributed by atoms with Gasteiger partial charge in [0, 0.05) is 31.7 Å². The summed E-state index contributed by atoms with van der Waals surface area (Å²) in [5.74, 6) is 0.457. The lowest BCUT2D eigenvalue weighted by atomic mass is 10.0. The quantitative estimate of drug-likeness (QED) is 0.849. The molecule has 1 aromatic carbocycles. The van der Waals surface area contributed by atoms with E-state index in [1.165, 1.54) is 6.20 Å². The van der Waals surface area contributed by atoms with Crippen LogP contribution in [0.1, 0.15) is 28.4 Å². The molecule has 8 heteroatoms. The zero-order valence-electron chi connectivity index (χ0n) is 15.7. The van der Waals surface area contributed by atoms with E-state index in [1.807, 2.05) is 29.2 Å². The second-order valence-electron chi connectivity index (χ2n) is 7.12. The van der Waals surface area contributed by atoms with Gasteiger partial charge in [-0.3, -0.25) is 14.5 Å². The lowest BCUT2D eigenvalue weighted by molar-refractivity contribution is -0.133. The van der Waals surface area contributed by atoms with E-state index in [4.69, 9.17) is 5.73 Å². The number of piperazine rings is 1. The van der Waals surface area contributed by atoms with Gasteiger partial charge in [0.05, 0.1) is 24.3 Å². The number of carbonyl (C=O) groups is 2. The maximum atomic E-state index is 13.0. The Hall–Kier alpha value is -2.64. The van der Waals surface area contributed by atoms with Crippen molar-refractivity contribution in [2.24, 2.45) is 0 Å². The molecule has 4 rings (SSSR count). The summed E-state index contributed by atoms with van der Waals surface area (Å²) < 4.78 is 0. The molecule has 28 heavy (non-hydrogen) atoms. The van der Waals surface area contributed by atoms with Gasteiger partial charge in [-0.25, -0.2) is 4.98 Å². The normalized spacial score (nSPS) is 19.3. The molecule has 2 aliphatic rings. The number of hydrogen-bond acceptors (Lipinski definition) is 5. The maximum Gasteiger partial charge on any atom is 0.260 e. The molecule has 0 aliphatic carbocycles. The molecular formula is C20H24ClN5O2. The number of rotatable bonds is 3. The number of pyridine rings is 1. The van der Waals surface area contributed by atoms with Gasteiger partial charge in [-0.15, -0.1) is 12.4 Å². The first kappa shape index (κ1) is 20.1. The van der Waals surface area contributed by atoms with Crippen molar-refractivity contribution in [3.8, 4) is 0 Å². The molecule has 1 atom stereocenters. The zero-order valence-corrected chi connectivity index (χ0v) is 16.6. The summed E-state index contributed by atoms with van der Waals surface area (Å²) in [6.45, 7) is 3.18. The summed E-state index contributed by atoms with van der Waals surface area (Å²) in [7, 11) is 2.06. The third kappa shape index (κ3) is 3.68. The van der Waals surface area contributed by atoms with Gasteiger partial charge in [-0.2, -0.15) is 0 Å². The number of fused-ring (bicyclic) bond motifs is 1. The number of hydrogen-bond donors (Lipinski definition) is 1. The average Bonchev–Trinajstić information content (AvgIpc) is 2.95. The molecule has 1 fully saturated rings. The van der Waals surface area contributed by atoms with E-state index in [2.05, 4.69) is 16.9 Å². The number of benzene rings is 1. The minimum absolute atomic E-state index is 0. The van der Waals surface area contributed by atoms with Crippen LogP contribution in [0.2, 0.25) is 0 Å². The molecule has 2 aliphatic heterocycles. The van der Waals surface area contributed by atoms with E-state index in [9.17, 15) is 9.59 Å². The van der Waals surface area contributed by atoms with Crippen LogP contribution in [0.25, 0.3) is 0 Å². The van der Waals surface area contributed by atoms with Crippen molar-refractivity contribution in [3.63, 3.8) is 0 Å². The molecule has 0 bridgehead atoms. The molecular weight excluding hydrogens is 378 g/mol. The number of nitrogen functional groups attached to an aromatic ring is 1. The van der Waals surface area contributed by atoms with E-state index in [-0.39, 0.29) is 36.7 Å². The summed E-state index contributed by atoms with van der Waals surface area (Å²) >= 11 is 0. The van der Waals surface area contributed by atoms with Crippen LogP contribution in [-0.4, -0.2) is 59.8 Å². The largest absolute Gasteiger partial charge is 0.397 e. The number of halogens is 1. The Morgan fingerprint density at radius 1 is 1.14 bits per heavy atom. The van der Waals surface area contributed by atoms with Gasteiger partial charge >= 0.3 is 0 Å². The summed E-state index contributed by atoms with van der Waals surface area (Å²) in [6.07, 6.45) is 1.78. The number of carbonyl (C=O) groups excluding carboxylic acids is 2. The first-order valence-electron chi connectivity index (χ1n) is 9.15. The highest BCUT2D eigenvalue weighted by Gasteiger charge is 2.40. The monoisotopic (exact) mass is 401 g/mol. The van der Waals surface area contributed by atoms with Gasteiger partial charge in [0.25, 0.3) is 5.91 Å². The highest BCUT2D eigenvalue weighted by atomic mass is 35.5. The van der Waals surface area contributed by atoms with Crippen LogP contribution >= 0.6 is 12.4 Å². The van der Waals surface area contributed by atoms with Crippen molar-refractivity contribution in [2.75, 3.05) is 43.9 Å². The van der Waals surface area contributed by atoms with E-state index < -0.39 is 0 Å². The Morgan fingerprint density at radius 3 is 2.54 bits per heavy atom. The number of nitrogens with zero attached hydrogens (tertiary/aromatic N) is 4. The van der Waals surface area contributed by atoms with Crippen LogP contribution in [0.4, 0.5) is 11.5 Å². The third-order valence-electron chi connectivity index (χ3n) is 5.32. The molecule has 2 aromatic rings. The minimum Gasteiger partial charge on any atom is -0.397 e. The van der Waals surface area contributed by atoms with Crippen LogP contribution in [0.3, 0.4) is 0 Å². The molecule has 3 heterocycles. The third-order valence-corrected chi connectivity index (χ3v) is 5.32. The number of aromatic nitrogens is 1. The van der Waals surface area contributed by atoms with Gasteiger partial charge in [0.1, 0.15) is 5.82 Å². The Labute approximate surface area is 170 Å². The van der Waals surface area contributed by atoms with Gasteiger partial charge in [0.15, 0.2) is 0 Å². The fraction of sp³-hybridized carbons (Fsp3) is 0.350. The molecule has 1 saturated heterocycles. The van der Waals surface area contributed by atoms with Crippen LogP contribution in [0.15, 0.2) is 42.6 Å². The number of anilines is 2. The van der Waals surface area contributed by atoms with Crippen molar-refractivity contribution in [1.82, 2.24) is 14.8 Å². The predicted octanol–water partition coefficient (Wildman–Crippen LogP) is 1.95. The SMILES string of the molecule is CN1CCN(C(=O)CC2c3ccccc3C(=O)N2c2ccc(N)cn2)CC1.Cl. The van der Waals surface area contributed by atoms with Crippen LogP contribution in [0, 0.1) is 0 Å². The molecule has 0 spiro atoms. The Kier molecular flexibility index (Phi) is 5.86. The fourth-order valence-corrected chi connectivity index (χ4v) is 3.75. The molecule has 7 nitrogen and oxygen atoms in total. The van der Waals surface area contributed by atoms with Gasteiger partial charge in [0.2, 0.25) is 5.91 Å². The number of likely N-dealkylation sites (N-methyl/N-ethyl adjacent to an activating group) is 1. The molecule has 0 saturated carbocycles. The molecule has 1 aromatic heterocycles. The molecule has 2 N–H and O–H groups in total. The highest BCUT2D eigenvalue weighted by molar-refractivity contribution is 6.11. The fourth-order valence-electron chi connectivity index (χ4n) is 3.75. The van der Waals surface area contributed by atoms with Gasteiger partial charge < -0.3 is 15.5 Å². The first-order valence-corrected chi connectivity index (χ1v) is 9.15. The minimum atomic E-state index is -0.350. The smallest absolute Gasteiger partial charge is 0.260 e. The topological polar surface area (TPSA) is 82.8 Å². The van der Waals surface area contributed by atoms with Crippen molar-refractivity contribution < 1.29 is 9.59 Å². The van der Waals surface area contributed by atoms with E-state index in [1.54, 1.807) is 17.0 Å². The Bertz CT molecular complexity index is 865. The van der Waals surface area contributed by atoms with Gasteiger partial charge in [-0.1, -0.05) is 18.2 Å². The van der Waals surface area contributed by atoms with Crippen LogP contribution < -0.4 is 10.6 Å². The van der Waals surface area contributed by atoms with Crippen molar-refractivity contribution >= 4 is 35.7 Å². The predicted molar refractivity (Wildman–Crippen MR) is 111 cm³/mol. The summed E-state index contributed by atoms with van der Waals surface area (Å²) in [6, 6.07) is 10.6. The van der Waals surface area contributed by atoms with Crippen molar-refractivity contribution in [2.45, 2.75) is 12.5 Å². The maximum absolute atomic E-state index is 13.0. The van der Waals surface area contributed by atoms with Gasteiger partial charge in [-0.05, 0) is 30.8 Å². The molecule has 148 valence electrons. The lowest BCUT2D eigenvalue weighted by Gasteiger charge is -2.34. The summed E-state index contributed by atoms with van der Waals surface area (Å²) in [5, 5.41) is 0. The van der Waals surface area contributed by atoms with Crippen molar-refractivity contribution in [1.29, 1.82) is 0 Å². The second-order valence-corrected chi connectivity index (χ2v) is 7.12. The number of amides is 2. The lowest BCUT2D eigenvalue weighted by Crippen LogP contribution is -2.47. The Balaban J connectivity index is 0.00000225. The first-order chi connectivity index (χ1) is 13.0. The van der Waals surface area contributed by atoms with E-state index in [0.29, 0.717) is 17.1 Å². The molecule has 1 unspecified atom stereocenters. The summed E-state index contributed by atoms with van der Waals surface area (Å²) in [5.41, 5.74) is 7.78. The molecule has 2 amide bonds. The molecule has 0 radical (unpaired) electrons.